The summed E-state index contributed by atoms with van der Waals surface area (Å²) in [6.07, 6.45) is 3.88. The molecule has 2 nitrogen and oxygen atoms in total. The van der Waals surface area contributed by atoms with Gasteiger partial charge in [-0.3, -0.25) is 0 Å². The van der Waals surface area contributed by atoms with Gasteiger partial charge in [-0.15, -0.1) is 11.3 Å². The summed E-state index contributed by atoms with van der Waals surface area (Å²) < 4.78 is 6.34. The van der Waals surface area contributed by atoms with Gasteiger partial charge in [-0.25, -0.2) is 0 Å². The van der Waals surface area contributed by atoms with Gasteiger partial charge in [0.25, 0.3) is 0 Å². The van der Waals surface area contributed by atoms with Crippen LogP contribution in [0.15, 0.2) is 10.5 Å². The second-order valence-corrected chi connectivity index (χ2v) is 5.39. The standard InChI is InChI=1S/C10H14BrNOS/c1-13-10-7(11)6-9(14-10)8-4-2-3-5-12-8/h6,8,12H,2-5H2,1H3. The molecule has 0 radical (unpaired) electrons. The Hall–Kier alpha value is -0.0600. The number of ether oxygens (including phenoxy) is 1. The van der Waals surface area contributed by atoms with Crippen LogP contribution >= 0.6 is 27.3 Å². The third kappa shape index (κ3) is 2.12. The number of halogens is 1. The largest absolute Gasteiger partial charge is 0.486 e. The molecule has 1 saturated heterocycles. The van der Waals surface area contributed by atoms with E-state index in [0.29, 0.717) is 6.04 Å². The quantitative estimate of drug-likeness (QED) is 0.894. The zero-order valence-corrected chi connectivity index (χ0v) is 10.6. The lowest BCUT2D eigenvalue weighted by atomic mass is 10.0. The van der Waals surface area contributed by atoms with Gasteiger partial charge in [-0.2, -0.15) is 0 Å². The molecule has 1 unspecified atom stereocenters. The van der Waals surface area contributed by atoms with Crippen molar-refractivity contribution in [3.8, 4) is 5.06 Å². The van der Waals surface area contributed by atoms with Gasteiger partial charge in [-0.05, 0) is 41.4 Å². The highest BCUT2D eigenvalue weighted by Gasteiger charge is 2.18. The Bertz CT molecular complexity index is 307. The normalized spacial score (nSPS) is 22.3. The molecule has 78 valence electrons. The van der Waals surface area contributed by atoms with Crippen LogP contribution in [0.4, 0.5) is 0 Å². The number of thiophene rings is 1. The number of piperidine rings is 1. The predicted octanol–water partition coefficient (Wildman–Crippen LogP) is 3.33. The lowest BCUT2D eigenvalue weighted by Crippen LogP contribution is -2.25. The Balaban J connectivity index is 2.14. The van der Waals surface area contributed by atoms with Crippen molar-refractivity contribution in [2.75, 3.05) is 13.7 Å². The molecule has 0 spiro atoms. The smallest absolute Gasteiger partial charge is 0.188 e. The summed E-state index contributed by atoms with van der Waals surface area (Å²) in [6, 6.07) is 2.71. The molecular weight excluding hydrogens is 262 g/mol. The van der Waals surface area contributed by atoms with E-state index in [2.05, 4.69) is 27.3 Å². The van der Waals surface area contributed by atoms with Crippen molar-refractivity contribution in [1.82, 2.24) is 5.32 Å². The van der Waals surface area contributed by atoms with Crippen LogP contribution in [0.5, 0.6) is 5.06 Å². The molecule has 1 aromatic heterocycles. The van der Waals surface area contributed by atoms with Crippen LogP contribution in [0.25, 0.3) is 0 Å². The van der Waals surface area contributed by atoms with Gasteiger partial charge in [0, 0.05) is 10.9 Å². The second-order valence-electron chi connectivity index (χ2n) is 3.49. The molecular formula is C10H14BrNOS. The van der Waals surface area contributed by atoms with Crippen molar-refractivity contribution in [2.45, 2.75) is 25.3 Å². The van der Waals surface area contributed by atoms with Crippen LogP contribution in [0, 0.1) is 0 Å². The minimum atomic E-state index is 0.536. The molecule has 2 rings (SSSR count). The molecule has 0 amide bonds. The summed E-state index contributed by atoms with van der Waals surface area (Å²) in [5, 5.41) is 4.51. The van der Waals surface area contributed by atoms with E-state index in [9.17, 15) is 0 Å². The van der Waals surface area contributed by atoms with Crippen molar-refractivity contribution in [3.63, 3.8) is 0 Å². The minimum Gasteiger partial charge on any atom is -0.486 e. The highest BCUT2D eigenvalue weighted by atomic mass is 79.9. The fourth-order valence-electron chi connectivity index (χ4n) is 1.77. The number of nitrogens with one attached hydrogen (secondary N) is 1. The highest BCUT2D eigenvalue weighted by Crippen LogP contribution is 2.39. The Labute approximate surface area is 96.8 Å². The van der Waals surface area contributed by atoms with Crippen molar-refractivity contribution in [3.05, 3.63) is 15.4 Å². The molecule has 1 fully saturated rings. The maximum absolute atomic E-state index is 5.26. The van der Waals surface area contributed by atoms with Gasteiger partial charge in [0.05, 0.1) is 11.6 Å². The van der Waals surface area contributed by atoms with Crippen LogP contribution in [-0.4, -0.2) is 13.7 Å². The average Bonchev–Trinajstić information content (AvgIpc) is 2.61. The Morgan fingerprint density at radius 3 is 3.00 bits per heavy atom. The molecule has 4 heteroatoms. The van der Waals surface area contributed by atoms with Crippen LogP contribution in [0.2, 0.25) is 0 Å². The van der Waals surface area contributed by atoms with E-state index >= 15 is 0 Å². The predicted molar refractivity (Wildman–Crippen MR) is 63.2 cm³/mol. The van der Waals surface area contributed by atoms with Crippen LogP contribution in [0.1, 0.15) is 30.2 Å². The van der Waals surface area contributed by atoms with E-state index in [0.717, 1.165) is 16.1 Å². The maximum atomic E-state index is 5.26. The third-order valence-corrected chi connectivity index (χ3v) is 4.58. The molecule has 0 saturated carbocycles. The summed E-state index contributed by atoms with van der Waals surface area (Å²) in [5.74, 6) is 0. The monoisotopic (exact) mass is 275 g/mol. The summed E-state index contributed by atoms with van der Waals surface area (Å²) >= 11 is 5.24. The Kier molecular flexibility index (Phi) is 3.47. The van der Waals surface area contributed by atoms with Crippen molar-refractivity contribution in [1.29, 1.82) is 0 Å². The first-order valence-electron chi connectivity index (χ1n) is 4.88. The first-order valence-corrected chi connectivity index (χ1v) is 6.49. The molecule has 14 heavy (non-hydrogen) atoms. The molecule has 0 bridgehead atoms. The zero-order chi connectivity index (χ0) is 9.97. The third-order valence-electron chi connectivity index (χ3n) is 2.51. The van der Waals surface area contributed by atoms with Gasteiger partial charge in [0.2, 0.25) is 0 Å². The van der Waals surface area contributed by atoms with E-state index in [1.807, 2.05) is 0 Å². The Morgan fingerprint density at radius 1 is 1.57 bits per heavy atom. The lowest BCUT2D eigenvalue weighted by Gasteiger charge is -2.21. The van der Waals surface area contributed by atoms with Gasteiger partial charge in [0.15, 0.2) is 5.06 Å². The van der Waals surface area contributed by atoms with Crippen LogP contribution < -0.4 is 10.1 Å². The summed E-state index contributed by atoms with van der Waals surface area (Å²) in [7, 11) is 1.72. The van der Waals surface area contributed by atoms with E-state index in [1.54, 1.807) is 18.4 Å². The fourth-order valence-corrected chi connectivity index (χ4v) is 3.55. The summed E-state index contributed by atoms with van der Waals surface area (Å²) in [5.41, 5.74) is 0. The molecule has 1 aliphatic rings. The van der Waals surface area contributed by atoms with E-state index in [1.165, 1.54) is 24.1 Å². The number of hydrogen-bond donors (Lipinski definition) is 1. The first kappa shape index (κ1) is 10.5. The van der Waals surface area contributed by atoms with E-state index < -0.39 is 0 Å². The first-order chi connectivity index (χ1) is 6.81. The topological polar surface area (TPSA) is 21.3 Å². The molecule has 1 atom stereocenters. The zero-order valence-electron chi connectivity index (χ0n) is 8.18. The number of rotatable bonds is 2. The maximum Gasteiger partial charge on any atom is 0.188 e. The van der Waals surface area contributed by atoms with Crippen LogP contribution in [0.3, 0.4) is 0 Å². The molecule has 1 N–H and O–H groups in total. The van der Waals surface area contributed by atoms with Crippen molar-refractivity contribution < 1.29 is 4.74 Å². The number of methoxy groups -OCH3 is 1. The summed E-state index contributed by atoms with van der Waals surface area (Å²) in [4.78, 5) is 1.38. The van der Waals surface area contributed by atoms with Crippen LogP contribution in [-0.2, 0) is 0 Å². The highest BCUT2D eigenvalue weighted by molar-refractivity contribution is 9.10. The van der Waals surface area contributed by atoms with Gasteiger partial charge < -0.3 is 10.1 Å². The number of hydrogen-bond acceptors (Lipinski definition) is 3. The molecule has 1 aliphatic heterocycles. The molecule has 0 aromatic carbocycles. The van der Waals surface area contributed by atoms with E-state index in [-0.39, 0.29) is 0 Å². The fraction of sp³-hybridized carbons (Fsp3) is 0.600. The minimum absolute atomic E-state index is 0.536. The molecule has 0 aliphatic carbocycles. The SMILES string of the molecule is COc1sc(C2CCCCN2)cc1Br. The Morgan fingerprint density at radius 2 is 2.43 bits per heavy atom. The second kappa shape index (κ2) is 4.64. The van der Waals surface area contributed by atoms with E-state index in [4.69, 9.17) is 4.74 Å². The average molecular weight is 276 g/mol. The lowest BCUT2D eigenvalue weighted by molar-refractivity contribution is 0.417. The van der Waals surface area contributed by atoms with Gasteiger partial charge >= 0.3 is 0 Å². The van der Waals surface area contributed by atoms with Gasteiger partial charge in [-0.1, -0.05) is 6.42 Å². The van der Waals surface area contributed by atoms with Crippen molar-refractivity contribution in [2.24, 2.45) is 0 Å². The molecule has 2 heterocycles. The van der Waals surface area contributed by atoms with Gasteiger partial charge in [0.1, 0.15) is 0 Å². The summed E-state index contributed by atoms with van der Waals surface area (Å²) in [6.45, 7) is 1.14. The molecule has 1 aromatic rings. The van der Waals surface area contributed by atoms with Crippen molar-refractivity contribution >= 4 is 27.3 Å².